The molecule has 0 amide bonds. The van der Waals surface area contributed by atoms with E-state index in [1.165, 1.54) is 66.1 Å². The van der Waals surface area contributed by atoms with Crippen molar-refractivity contribution in [3.05, 3.63) is 107 Å². The molecule has 0 bridgehead atoms. The molecule has 0 fully saturated rings. The van der Waals surface area contributed by atoms with Crippen LogP contribution in [0.3, 0.4) is 0 Å². The Kier molecular flexibility index (Phi) is 17.0. The van der Waals surface area contributed by atoms with Crippen LogP contribution < -0.4 is 20.7 Å². The van der Waals surface area contributed by atoms with Crippen LogP contribution in [-0.4, -0.2) is 32.3 Å². The van der Waals surface area contributed by atoms with Gasteiger partial charge in [-0.3, -0.25) is 0 Å². The molecule has 352 valence electrons. The molecule has 0 saturated heterocycles. The first kappa shape index (κ1) is 56.0. The van der Waals surface area contributed by atoms with Gasteiger partial charge in [0, 0.05) is 0 Å². The molecule has 0 radical (unpaired) electrons. The molecule has 6 aromatic rings. The third-order valence-electron chi connectivity index (χ3n) is 12.9. The van der Waals surface area contributed by atoms with E-state index in [1.54, 1.807) is 20.7 Å². The number of benzene rings is 4. The van der Waals surface area contributed by atoms with Gasteiger partial charge in [-0.05, 0) is 43.9 Å². The van der Waals surface area contributed by atoms with Crippen molar-refractivity contribution in [2.75, 3.05) is 0 Å². The number of halogens is 2. The van der Waals surface area contributed by atoms with Gasteiger partial charge in [-0.1, -0.05) is 242 Å². The van der Waals surface area contributed by atoms with E-state index >= 15 is 0 Å². The van der Waals surface area contributed by atoms with Gasteiger partial charge < -0.3 is 0 Å². The third kappa shape index (κ3) is 14.3. The van der Waals surface area contributed by atoms with Crippen molar-refractivity contribution in [3.8, 4) is 22.3 Å². The first-order valence-electron chi connectivity index (χ1n) is 24.0. The molecule has 6 aromatic carbocycles. The average molecular weight is 1060 g/mol. The zero-order chi connectivity index (χ0) is 49.8. The Morgan fingerprint density at radius 1 is 0.338 bits per heavy atom. The van der Waals surface area contributed by atoms with Crippen molar-refractivity contribution in [2.45, 2.75) is 183 Å². The molecule has 0 heterocycles. The second-order valence-electron chi connectivity index (χ2n) is 27.2. The quantitative estimate of drug-likeness (QED) is 0.115. The van der Waals surface area contributed by atoms with Gasteiger partial charge in [0.1, 0.15) is 0 Å². The van der Waals surface area contributed by atoms with E-state index in [4.69, 9.17) is 17.0 Å². The van der Waals surface area contributed by atoms with Crippen molar-refractivity contribution < 1.29 is 20.8 Å². The van der Waals surface area contributed by atoms with Gasteiger partial charge in [-0.2, -0.15) is 0 Å². The van der Waals surface area contributed by atoms with E-state index in [0.717, 1.165) is 0 Å². The molecule has 0 aliphatic carbocycles. The van der Waals surface area contributed by atoms with Crippen LogP contribution in [0, 0.1) is 0 Å². The van der Waals surface area contributed by atoms with E-state index in [9.17, 15) is 0 Å². The first-order chi connectivity index (χ1) is 29.2. The molecule has 65 heavy (non-hydrogen) atoms. The zero-order valence-corrected chi connectivity index (χ0v) is 53.3. The van der Waals surface area contributed by atoms with Crippen molar-refractivity contribution in [1.82, 2.24) is 0 Å². The normalized spacial score (nSPS) is 13.3. The maximum absolute atomic E-state index is 4.93. The Balaban J connectivity index is 0.000000268. The minimum atomic E-state index is -1.41. The molecule has 0 saturated carbocycles. The summed E-state index contributed by atoms with van der Waals surface area (Å²) in [5.74, 6) is 0. The van der Waals surface area contributed by atoms with E-state index in [1.807, 2.05) is 0 Å². The molecule has 0 aliphatic heterocycles. The fraction of sp³-hybridized carbons (Fsp3) is 0.483. The summed E-state index contributed by atoms with van der Waals surface area (Å²) >= 11 is -0.826. The Labute approximate surface area is 421 Å². The molecule has 0 nitrogen and oxygen atoms in total. The summed E-state index contributed by atoms with van der Waals surface area (Å²) in [6.45, 7) is 57.7. The molecule has 0 aliphatic rings. The summed E-state index contributed by atoms with van der Waals surface area (Å²) in [5.41, 5.74) is 11.7. The summed E-state index contributed by atoms with van der Waals surface area (Å²) in [7, 11) is 4.24. The van der Waals surface area contributed by atoms with Gasteiger partial charge in [0.25, 0.3) is 0 Å². The Morgan fingerprint density at radius 2 is 0.554 bits per heavy atom. The van der Waals surface area contributed by atoms with Gasteiger partial charge in [0.05, 0.1) is 32.3 Å². The van der Waals surface area contributed by atoms with Crippen LogP contribution in [0.15, 0.2) is 84.9 Å². The molecule has 0 aromatic heterocycles. The zero-order valence-electron chi connectivity index (χ0n) is 45.3. The van der Waals surface area contributed by atoms with Crippen molar-refractivity contribution in [3.63, 3.8) is 0 Å². The second-order valence-corrected chi connectivity index (χ2v) is 51.1. The molecule has 0 spiro atoms. The molecular formula is C58H86Cl2Si4Zr. The monoisotopic (exact) mass is 1050 g/mol. The van der Waals surface area contributed by atoms with Crippen LogP contribution >= 0.6 is 17.0 Å². The number of fused-ring (bicyclic) bond motifs is 2. The summed E-state index contributed by atoms with van der Waals surface area (Å²) in [6, 6.07) is 34.4. The number of rotatable bonds is 6. The van der Waals surface area contributed by atoms with Crippen molar-refractivity contribution >= 4 is 91.6 Å². The first-order valence-corrected chi connectivity index (χ1v) is 44.3. The molecule has 6 rings (SSSR count). The van der Waals surface area contributed by atoms with Crippen LogP contribution in [-0.2, 0) is 42.5 Å². The summed E-state index contributed by atoms with van der Waals surface area (Å²) in [4.78, 5) is 0. The predicted molar refractivity (Wildman–Crippen MR) is 308 cm³/mol. The number of hydrogen-bond donors (Lipinski definition) is 0. The van der Waals surface area contributed by atoms with Gasteiger partial charge in [0.15, 0.2) is 0 Å². The SMILES string of the molecule is CC(C)(C)c1cc(-c2cc3cc([Si](C)(C)C)c([Si](C)(C)C)cc3[cH-]2)cc(C(C)(C)C)c1.CC(C)(C)c1cc(-c2cc3cc([Si](C)(C)C)c([Si](C)(C)C)cc3[cH-]2)cc(C(C)(C)C)c1.[Cl][Zr+2][Cl]. The Hall–Kier alpha value is -1.57. The predicted octanol–water partition coefficient (Wildman–Crippen LogP) is 17.2. The molecule has 0 atom stereocenters. The fourth-order valence-corrected chi connectivity index (χ4v) is 19.0. The average Bonchev–Trinajstić information content (AvgIpc) is 3.75. The third-order valence-corrected chi connectivity index (χ3v) is 21.5. The minimum absolute atomic E-state index is 0.137. The van der Waals surface area contributed by atoms with Crippen molar-refractivity contribution in [1.29, 1.82) is 0 Å². The molecule has 0 N–H and O–H groups in total. The van der Waals surface area contributed by atoms with Crippen LogP contribution in [0.25, 0.3) is 43.8 Å². The Morgan fingerprint density at radius 3 is 0.754 bits per heavy atom. The van der Waals surface area contributed by atoms with E-state index in [-0.39, 0.29) is 21.7 Å². The fourth-order valence-electron chi connectivity index (χ4n) is 8.66. The maximum atomic E-state index is 4.93. The molecular weight excluding hydrogens is 971 g/mol. The number of hydrogen-bond acceptors (Lipinski definition) is 0. The van der Waals surface area contributed by atoms with Gasteiger partial charge >= 0.3 is 37.9 Å². The molecule has 0 unspecified atom stereocenters. The standard InChI is InChI=1S/2C29H43Si2.2ClH.Zr/c2*1-28(2,3)24-15-23(16-25(19-24)29(4,5)6)20-13-21-17-26(30(7,8)9)27(31(10,11)12)18-22(21)14-20;;;/h2*13-19H,1-12H3;2*1H;/q2*-1;;;+4/p-2. The van der Waals surface area contributed by atoms with Crippen molar-refractivity contribution in [2.24, 2.45) is 0 Å². The topological polar surface area (TPSA) is 0 Å². The summed E-state index contributed by atoms with van der Waals surface area (Å²) in [6.07, 6.45) is 0. The Bertz CT molecular complexity index is 2260. The summed E-state index contributed by atoms with van der Waals surface area (Å²) < 4.78 is 0. The van der Waals surface area contributed by atoms with E-state index < -0.39 is 53.1 Å². The van der Waals surface area contributed by atoms with Crippen LogP contribution in [0.2, 0.25) is 78.6 Å². The van der Waals surface area contributed by atoms with Gasteiger partial charge in [-0.25, -0.2) is 0 Å². The molecule has 7 heteroatoms. The van der Waals surface area contributed by atoms with Crippen LogP contribution in [0.4, 0.5) is 0 Å². The van der Waals surface area contributed by atoms with Crippen LogP contribution in [0.5, 0.6) is 0 Å². The van der Waals surface area contributed by atoms with Gasteiger partial charge in [0.2, 0.25) is 0 Å². The van der Waals surface area contributed by atoms with Gasteiger partial charge in [-0.15, -0.1) is 69.1 Å². The van der Waals surface area contributed by atoms with E-state index in [0.29, 0.717) is 0 Å². The van der Waals surface area contributed by atoms with Crippen LogP contribution in [0.1, 0.15) is 105 Å². The summed E-state index contributed by atoms with van der Waals surface area (Å²) in [5, 5.41) is 12.3. The van der Waals surface area contributed by atoms with E-state index in [2.05, 4.69) is 247 Å². The second kappa shape index (κ2) is 19.7.